The van der Waals surface area contributed by atoms with E-state index in [1.165, 1.54) is 6.07 Å². The van der Waals surface area contributed by atoms with Crippen LogP contribution in [0.25, 0.3) is 0 Å². The van der Waals surface area contributed by atoms with Gasteiger partial charge in [-0.3, -0.25) is 4.39 Å². The molecular formula is C26H21F9O2S. The van der Waals surface area contributed by atoms with E-state index in [0.29, 0.717) is 54.1 Å². The first-order valence-electron chi connectivity index (χ1n) is 11.4. The van der Waals surface area contributed by atoms with Crippen molar-refractivity contribution in [2.24, 2.45) is 0 Å². The Balaban J connectivity index is 0.000000232. The van der Waals surface area contributed by atoms with Crippen LogP contribution in [-0.2, 0) is 19.0 Å². The van der Waals surface area contributed by atoms with E-state index in [-0.39, 0.29) is 0 Å². The predicted molar refractivity (Wildman–Crippen MR) is 123 cm³/mol. The van der Waals surface area contributed by atoms with Gasteiger partial charge >= 0.3 is 6.18 Å². The zero-order valence-corrected chi connectivity index (χ0v) is 20.4. The number of ether oxygens (including phenoxy) is 1. The van der Waals surface area contributed by atoms with E-state index in [9.17, 15) is 39.5 Å². The molecule has 0 amide bonds. The Hall–Kier alpha value is -3.02. The molecule has 0 saturated carbocycles. The lowest BCUT2D eigenvalue weighted by Gasteiger charge is -2.17. The summed E-state index contributed by atoms with van der Waals surface area (Å²) in [4.78, 5) is 0.412. The van der Waals surface area contributed by atoms with Crippen molar-refractivity contribution in [2.45, 2.75) is 43.2 Å². The summed E-state index contributed by atoms with van der Waals surface area (Å²) in [5, 5.41) is 0. The first-order chi connectivity index (χ1) is 18.0. The van der Waals surface area contributed by atoms with Crippen LogP contribution in [0.4, 0.5) is 39.5 Å². The van der Waals surface area contributed by atoms with Gasteiger partial charge in [-0.2, -0.15) is 22.0 Å². The van der Waals surface area contributed by atoms with Crippen LogP contribution in [0.2, 0.25) is 0 Å². The maximum absolute atomic E-state index is 13.5. The Morgan fingerprint density at radius 2 is 1.53 bits per heavy atom. The molecule has 3 aromatic carbocycles. The smallest absolute Gasteiger partial charge is 0.416 e. The van der Waals surface area contributed by atoms with Crippen molar-refractivity contribution >= 4 is 12.0 Å². The lowest BCUT2D eigenvalue weighted by Crippen LogP contribution is -2.08. The van der Waals surface area contributed by atoms with Crippen molar-refractivity contribution in [3.05, 3.63) is 88.2 Å². The normalized spacial score (nSPS) is 12.8. The summed E-state index contributed by atoms with van der Waals surface area (Å²) >= 11 is 0.482. The van der Waals surface area contributed by atoms with Gasteiger partial charge in [-0.25, -0.2) is 13.2 Å². The Morgan fingerprint density at radius 1 is 0.842 bits per heavy atom. The van der Waals surface area contributed by atoms with Crippen LogP contribution in [0.3, 0.4) is 0 Å². The lowest BCUT2D eigenvalue weighted by atomic mass is 10.1. The van der Waals surface area contributed by atoms with Gasteiger partial charge in [0.05, 0.1) is 35.8 Å². The van der Waals surface area contributed by atoms with E-state index < -0.39 is 53.2 Å². The van der Waals surface area contributed by atoms with Crippen molar-refractivity contribution < 1.29 is 48.4 Å². The fraction of sp³-hybridized carbons (Fsp3) is 0.308. The van der Waals surface area contributed by atoms with Crippen molar-refractivity contribution in [2.75, 3.05) is 13.3 Å². The molecule has 12 heteroatoms. The number of benzene rings is 3. The maximum atomic E-state index is 13.5. The zero-order chi connectivity index (χ0) is 27.9. The number of hydrogen-bond acceptors (Lipinski definition) is 3. The quantitative estimate of drug-likeness (QED) is 0.0933. The summed E-state index contributed by atoms with van der Waals surface area (Å²) in [5.41, 5.74) is 0.954. The highest BCUT2D eigenvalue weighted by Gasteiger charge is 2.30. The molecule has 206 valence electrons. The van der Waals surface area contributed by atoms with Gasteiger partial charge in [0.2, 0.25) is 34.8 Å². The highest BCUT2D eigenvalue weighted by atomic mass is 32.2. The van der Waals surface area contributed by atoms with Gasteiger partial charge in [0.15, 0.2) is 0 Å². The number of fused-ring (bicyclic) bond motifs is 1. The summed E-state index contributed by atoms with van der Waals surface area (Å²) in [6.45, 7) is 0.137. The third kappa shape index (κ3) is 7.52. The summed E-state index contributed by atoms with van der Waals surface area (Å²) in [5.74, 6) is -11.1. The molecule has 0 aromatic heterocycles. The highest BCUT2D eigenvalue weighted by molar-refractivity contribution is 7.95. The molecule has 1 heterocycles. The minimum Gasteiger partial charge on any atom is -0.493 e. The van der Waals surface area contributed by atoms with E-state index in [0.717, 1.165) is 30.5 Å². The average Bonchev–Trinajstić information content (AvgIpc) is 2.91. The van der Waals surface area contributed by atoms with Crippen LogP contribution in [-0.4, -0.2) is 13.3 Å². The molecule has 0 spiro atoms. The van der Waals surface area contributed by atoms with E-state index in [1.807, 2.05) is 0 Å². The van der Waals surface area contributed by atoms with Crippen LogP contribution in [0, 0.1) is 29.1 Å². The molecule has 38 heavy (non-hydrogen) atoms. The molecule has 2 nitrogen and oxygen atoms in total. The fourth-order valence-corrected chi connectivity index (χ4v) is 4.05. The molecule has 0 fully saturated rings. The third-order valence-electron chi connectivity index (χ3n) is 5.38. The second-order valence-corrected chi connectivity index (χ2v) is 8.94. The largest absolute Gasteiger partial charge is 0.493 e. The standard InChI is InChI=1S/C15H9F5O2S.C11H12F4/c16-10-11(17)13(19)15(14(20)12(10)18)22-23-8-4-3-7-2-1-5-21-9(7)6-8;12-7-2-1-4-9-5-3-6-10(8-9)11(13,14)15/h3-4,6H,1-2,5H2;3,5-6,8H,1-2,4,7H2. The van der Waals surface area contributed by atoms with Gasteiger partial charge < -0.3 is 8.92 Å². The molecule has 1 aliphatic rings. The summed E-state index contributed by atoms with van der Waals surface area (Å²) in [6, 6.07) is 10.1. The number of hydrogen-bond donors (Lipinski definition) is 0. The minimum atomic E-state index is -4.30. The minimum absolute atomic E-state index is 0.399. The van der Waals surface area contributed by atoms with Gasteiger partial charge in [-0.1, -0.05) is 24.3 Å². The molecule has 0 unspecified atom stereocenters. The molecule has 0 atom stereocenters. The maximum Gasteiger partial charge on any atom is 0.416 e. The molecule has 3 aromatic rings. The Morgan fingerprint density at radius 3 is 2.18 bits per heavy atom. The first kappa shape index (κ1) is 29.5. The van der Waals surface area contributed by atoms with Crippen LogP contribution < -0.4 is 8.92 Å². The lowest BCUT2D eigenvalue weighted by molar-refractivity contribution is -0.137. The fourth-order valence-electron chi connectivity index (χ4n) is 3.45. The zero-order valence-electron chi connectivity index (χ0n) is 19.6. The van der Waals surface area contributed by atoms with E-state index in [1.54, 1.807) is 24.3 Å². The van der Waals surface area contributed by atoms with Crippen LogP contribution in [0.5, 0.6) is 11.5 Å². The van der Waals surface area contributed by atoms with Crippen LogP contribution in [0.1, 0.15) is 36.0 Å². The predicted octanol–water partition coefficient (Wildman–Crippen LogP) is 8.79. The second kappa shape index (κ2) is 13.2. The third-order valence-corrected chi connectivity index (χ3v) is 6.08. The molecule has 0 saturated heterocycles. The second-order valence-electron chi connectivity index (χ2n) is 8.13. The van der Waals surface area contributed by atoms with Gasteiger partial charge in [0, 0.05) is 0 Å². The van der Waals surface area contributed by atoms with Gasteiger partial charge in [0.1, 0.15) is 5.75 Å². The van der Waals surface area contributed by atoms with Crippen molar-refractivity contribution in [3.63, 3.8) is 0 Å². The summed E-state index contributed by atoms with van der Waals surface area (Å²) in [7, 11) is 0. The Labute approximate surface area is 217 Å². The molecule has 0 radical (unpaired) electrons. The van der Waals surface area contributed by atoms with Gasteiger partial charge in [0.25, 0.3) is 0 Å². The molecule has 0 aliphatic carbocycles. The molecule has 0 bridgehead atoms. The number of halogens is 9. The number of unbranched alkanes of at least 4 members (excludes halogenated alkanes) is 1. The van der Waals surface area contributed by atoms with E-state index in [4.69, 9.17) is 8.92 Å². The van der Waals surface area contributed by atoms with Crippen molar-refractivity contribution in [1.29, 1.82) is 0 Å². The number of alkyl halides is 4. The Bertz CT molecular complexity index is 1220. The van der Waals surface area contributed by atoms with Gasteiger partial charge in [-0.15, -0.1) is 0 Å². The van der Waals surface area contributed by atoms with Crippen LogP contribution in [0.15, 0.2) is 47.4 Å². The summed E-state index contributed by atoms with van der Waals surface area (Å²) < 4.78 is 125. The molecule has 0 N–H and O–H groups in total. The highest BCUT2D eigenvalue weighted by Crippen LogP contribution is 2.35. The van der Waals surface area contributed by atoms with Gasteiger partial charge in [-0.05, 0) is 61.4 Å². The summed E-state index contributed by atoms with van der Waals surface area (Å²) in [6.07, 6.45) is -1.09. The topological polar surface area (TPSA) is 18.5 Å². The van der Waals surface area contributed by atoms with Crippen molar-refractivity contribution in [1.82, 2.24) is 0 Å². The van der Waals surface area contributed by atoms with E-state index >= 15 is 0 Å². The van der Waals surface area contributed by atoms with Crippen molar-refractivity contribution in [3.8, 4) is 11.5 Å². The van der Waals surface area contributed by atoms with E-state index in [2.05, 4.69) is 0 Å². The number of rotatable bonds is 7. The average molecular weight is 569 g/mol. The molecule has 1 aliphatic heterocycles. The Kier molecular flexibility index (Phi) is 10.2. The SMILES string of the molecule is FCCCCc1cccc(C(F)(F)F)c1.Fc1c(F)c(F)c(OSc2ccc3c(c2)OCCC3)c(F)c1F. The molecule has 4 rings (SSSR count). The van der Waals surface area contributed by atoms with Crippen LogP contribution >= 0.6 is 12.0 Å². The monoisotopic (exact) mass is 568 g/mol. The first-order valence-corrected chi connectivity index (χ1v) is 12.1. The molecular weight excluding hydrogens is 547 g/mol. The number of aryl methyl sites for hydroxylation is 2.